The average molecular weight is 235 g/mol. The van der Waals surface area contributed by atoms with Crippen molar-refractivity contribution in [2.45, 2.75) is 18.5 Å². The van der Waals surface area contributed by atoms with E-state index in [0.29, 0.717) is 16.9 Å². The molecule has 2 aliphatic heterocycles. The van der Waals surface area contributed by atoms with Crippen molar-refractivity contribution in [1.82, 2.24) is 10.2 Å². The van der Waals surface area contributed by atoms with Crippen molar-refractivity contribution in [2.24, 2.45) is 5.92 Å². The first-order chi connectivity index (χ1) is 8.10. The Bertz CT molecular complexity index is 449. The molecule has 6 heteroatoms. The van der Waals surface area contributed by atoms with Gasteiger partial charge in [0.25, 0.3) is 0 Å². The van der Waals surface area contributed by atoms with Crippen LogP contribution in [0.15, 0.2) is 12.2 Å². The summed E-state index contributed by atoms with van der Waals surface area (Å²) in [5, 5.41) is 21.2. The van der Waals surface area contributed by atoms with E-state index in [1.807, 2.05) is 18.0 Å². The maximum absolute atomic E-state index is 11.4. The van der Waals surface area contributed by atoms with Crippen LogP contribution in [-0.4, -0.2) is 52.8 Å². The topological polar surface area (TPSA) is 79.4 Å². The number of carbonyl (C=O) groups excluding carboxylic acids is 1. The van der Waals surface area contributed by atoms with Crippen LogP contribution in [0.25, 0.3) is 0 Å². The average Bonchev–Trinajstić information content (AvgIpc) is 2.55. The van der Waals surface area contributed by atoms with E-state index in [4.69, 9.17) is 5.26 Å². The van der Waals surface area contributed by atoms with Crippen molar-refractivity contribution < 1.29 is 14.7 Å². The fraction of sp³-hybridized carbons (Fsp3) is 0.545. The maximum Gasteiger partial charge on any atom is 0.530 e. The molecule has 0 spiro atoms. The highest BCUT2D eigenvalue weighted by molar-refractivity contribution is 5.99. The summed E-state index contributed by atoms with van der Waals surface area (Å²) in [6.07, 6.45) is 4.22. The molecule has 3 atom stereocenters. The molecule has 2 N–H and O–H groups in total. The fourth-order valence-corrected chi connectivity index (χ4v) is 2.51. The minimum absolute atomic E-state index is 0.0758. The molecule has 1 fully saturated rings. The highest BCUT2D eigenvalue weighted by Gasteiger charge is 2.45. The van der Waals surface area contributed by atoms with Crippen molar-refractivity contribution in [2.75, 3.05) is 14.1 Å². The maximum atomic E-state index is 11.4. The summed E-state index contributed by atoms with van der Waals surface area (Å²) in [5.41, 5.74) is 0.515. The van der Waals surface area contributed by atoms with E-state index in [1.165, 1.54) is 7.05 Å². The van der Waals surface area contributed by atoms with E-state index >= 15 is 0 Å². The van der Waals surface area contributed by atoms with Crippen LogP contribution in [0.5, 0.6) is 0 Å². The second-order valence-electron chi connectivity index (χ2n) is 4.29. The van der Waals surface area contributed by atoms with Gasteiger partial charge in [-0.3, -0.25) is 4.90 Å². The normalized spacial score (nSPS) is 34.3. The molecule has 1 unspecified atom stereocenters. The summed E-state index contributed by atoms with van der Waals surface area (Å²) in [7, 11) is 3.35. The van der Waals surface area contributed by atoms with Crippen molar-refractivity contribution >= 4 is 11.7 Å². The van der Waals surface area contributed by atoms with Gasteiger partial charge in [-0.15, -0.1) is 0 Å². The summed E-state index contributed by atoms with van der Waals surface area (Å²) in [6.45, 7) is 0. The fourth-order valence-electron chi connectivity index (χ4n) is 2.51. The van der Waals surface area contributed by atoms with Gasteiger partial charge in [-0.05, 0) is 24.3 Å². The first-order valence-corrected chi connectivity index (χ1v) is 5.47. The molecule has 1 saturated heterocycles. The third-order valence-electron chi connectivity index (χ3n) is 3.47. The van der Waals surface area contributed by atoms with Gasteiger partial charge < -0.3 is 5.21 Å². The molecule has 90 valence electrons. The highest BCUT2D eigenvalue weighted by Crippen LogP contribution is 2.33. The smallest absolute Gasteiger partial charge is 0.347 e. The Kier molecular flexibility index (Phi) is 2.86. The Morgan fingerprint density at radius 2 is 2.47 bits per heavy atom. The third-order valence-corrected chi connectivity index (χ3v) is 3.47. The van der Waals surface area contributed by atoms with Crippen LogP contribution in [0.2, 0.25) is 0 Å². The van der Waals surface area contributed by atoms with Gasteiger partial charge in [0.2, 0.25) is 0 Å². The second kappa shape index (κ2) is 4.18. The molecule has 2 amide bonds. The number of urea groups is 1. The minimum Gasteiger partial charge on any atom is -0.347 e. The lowest BCUT2D eigenvalue weighted by Gasteiger charge is -2.26. The van der Waals surface area contributed by atoms with Gasteiger partial charge in [0.15, 0.2) is 5.71 Å². The molecule has 0 aromatic heterocycles. The monoisotopic (exact) mass is 235 g/mol. The van der Waals surface area contributed by atoms with Gasteiger partial charge in [0, 0.05) is 6.04 Å². The molecule has 0 radical (unpaired) electrons. The molecule has 2 rings (SSSR count). The highest BCUT2D eigenvalue weighted by atomic mass is 16.5. The molecule has 0 aromatic rings. The molecule has 2 aliphatic rings. The molecular weight excluding hydrogens is 220 g/mol. The number of hydrogen-bond acceptors (Lipinski definition) is 4. The summed E-state index contributed by atoms with van der Waals surface area (Å²) < 4.78 is 0.619. The number of hydrogen-bond donors (Lipinski definition) is 2. The molecular formula is C11H15N4O2+. The number of rotatable bonds is 0. The Morgan fingerprint density at radius 3 is 3.06 bits per heavy atom. The molecule has 17 heavy (non-hydrogen) atoms. The molecule has 0 aliphatic carbocycles. The Hall–Kier alpha value is -1.87. The zero-order chi connectivity index (χ0) is 12.6. The van der Waals surface area contributed by atoms with Gasteiger partial charge in [-0.2, -0.15) is 10.1 Å². The first kappa shape index (κ1) is 11.6. The number of fused-ring (bicyclic) bond motifs is 2. The van der Waals surface area contributed by atoms with Crippen LogP contribution in [0.4, 0.5) is 4.79 Å². The van der Waals surface area contributed by atoms with E-state index in [2.05, 4.69) is 11.4 Å². The molecule has 2 heterocycles. The molecule has 2 bridgehead atoms. The van der Waals surface area contributed by atoms with Gasteiger partial charge in [0.05, 0.1) is 25.1 Å². The summed E-state index contributed by atoms with van der Waals surface area (Å²) in [5.74, 6) is -0.0863. The van der Waals surface area contributed by atoms with Crippen LogP contribution in [0.3, 0.4) is 0 Å². The standard InChI is InChI=1S/C11H14N4O2/c1-13-11(16)15(17)9-4-3-8-7(6-12)5-10(9)14(8)2/h3-4,7-8,10H,5H2,1-2H3,(H-,13,16,17)/p+1/b15-9-/t7?,8-,10-/m1/s1. The predicted molar refractivity (Wildman–Crippen MR) is 59.7 cm³/mol. The molecule has 0 saturated carbocycles. The number of nitriles is 1. The van der Waals surface area contributed by atoms with Crippen LogP contribution in [0.1, 0.15) is 6.42 Å². The van der Waals surface area contributed by atoms with E-state index in [1.54, 1.807) is 6.08 Å². The largest absolute Gasteiger partial charge is 0.530 e. The minimum atomic E-state index is -0.572. The van der Waals surface area contributed by atoms with E-state index in [0.717, 1.165) is 0 Å². The number of nitrogens with zero attached hydrogens (tertiary/aromatic N) is 3. The Balaban J connectivity index is 2.37. The number of carbonyl (C=O) groups is 1. The lowest BCUT2D eigenvalue weighted by atomic mass is 10.0. The zero-order valence-corrected chi connectivity index (χ0v) is 9.79. The zero-order valence-electron chi connectivity index (χ0n) is 9.79. The van der Waals surface area contributed by atoms with Crippen LogP contribution in [-0.2, 0) is 0 Å². The number of amides is 2. The van der Waals surface area contributed by atoms with E-state index < -0.39 is 6.03 Å². The predicted octanol–water partition coefficient (Wildman–Crippen LogP) is -0.0492. The summed E-state index contributed by atoms with van der Waals surface area (Å²) >= 11 is 0. The van der Waals surface area contributed by atoms with Crippen LogP contribution >= 0.6 is 0 Å². The Labute approximate surface area is 99.4 Å². The van der Waals surface area contributed by atoms with E-state index in [9.17, 15) is 10.0 Å². The number of hydroxylamine groups is 1. The van der Waals surface area contributed by atoms with Gasteiger partial charge >= 0.3 is 6.03 Å². The third kappa shape index (κ3) is 1.68. The van der Waals surface area contributed by atoms with Crippen molar-refractivity contribution in [1.29, 1.82) is 5.26 Å². The first-order valence-electron chi connectivity index (χ1n) is 5.47. The van der Waals surface area contributed by atoms with Crippen molar-refractivity contribution in [3.05, 3.63) is 12.2 Å². The summed E-state index contributed by atoms with van der Waals surface area (Å²) in [6, 6.07) is 1.68. The lowest BCUT2D eigenvalue weighted by Crippen LogP contribution is -2.45. The number of likely N-dealkylation sites (N-methyl/N-ethyl adjacent to an activating group) is 1. The summed E-state index contributed by atoms with van der Waals surface area (Å²) in [4.78, 5) is 13.4. The van der Waals surface area contributed by atoms with E-state index in [-0.39, 0.29) is 18.0 Å². The van der Waals surface area contributed by atoms with Crippen molar-refractivity contribution in [3.63, 3.8) is 0 Å². The van der Waals surface area contributed by atoms with Crippen LogP contribution < -0.4 is 5.32 Å². The van der Waals surface area contributed by atoms with Gasteiger partial charge in [0.1, 0.15) is 0 Å². The SMILES string of the molecule is CNC(=O)/[N+](O)=C1\C=C[C@@H]2C(C#N)C[C@H]1N2C. The number of nitrogens with one attached hydrogen (secondary N) is 1. The Morgan fingerprint density at radius 1 is 1.76 bits per heavy atom. The van der Waals surface area contributed by atoms with Crippen LogP contribution in [0, 0.1) is 17.2 Å². The van der Waals surface area contributed by atoms with Crippen molar-refractivity contribution in [3.8, 4) is 6.07 Å². The quantitative estimate of drug-likeness (QED) is 0.267. The van der Waals surface area contributed by atoms with Gasteiger partial charge in [-0.25, -0.2) is 5.32 Å². The van der Waals surface area contributed by atoms with Gasteiger partial charge in [-0.1, -0.05) is 6.08 Å². The second-order valence-corrected chi connectivity index (χ2v) is 4.29. The molecule has 6 nitrogen and oxygen atoms in total. The lowest BCUT2D eigenvalue weighted by molar-refractivity contribution is -0.700. The molecule has 0 aromatic carbocycles.